The Morgan fingerprint density at radius 2 is 1.71 bits per heavy atom. The quantitative estimate of drug-likeness (QED) is 0.619. The Bertz CT molecular complexity index is 290. The highest BCUT2D eigenvalue weighted by Crippen LogP contribution is 2.10. The molecule has 0 bridgehead atoms. The Kier molecular flexibility index (Phi) is 7.72. The summed E-state index contributed by atoms with van der Waals surface area (Å²) in [5.41, 5.74) is 0. The molecule has 4 heteroatoms. The summed E-state index contributed by atoms with van der Waals surface area (Å²) in [5, 5.41) is 7.95. The van der Waals surface area contributed by atoms with E-state index < -0.39 is 0 Å². The number of halogens is 1. The summed E-state index contributed by atoms with van der Waals surface area (Å²) >= 11 is 5.63. The number of hydrogen-bond acceptors (Lipinski definition) is 3. The molecule has 0 fully saturated rings. The Balaban J connectivity index is 1.95. The molecule has 0 aliphatic heterocycles. The highest BCUT2D eigenvalue weighted by molar-refractivity contribution is 6.29. The molecule has 0 radical (unpaired) electrons. The van der Waals surface area contributed by atoms with Crippen LogP contribution in [0.5, 0.6) is 5.88 Å². The number of unbranched alkanes of at least 4 members (excludes halogenated alkanes) is 6. The first-order valence-corrected chi connectivity index (χ1v) is 6.82. The van der Waals surface area contributed by atoms with Crippen LogP contribution in [0, 0.1) is 0 Å². The molecule has 0 atom stereocenters. The Morgan fingerprint density at radius 1 is 1.00 bits per heavy atom. The average molecular weight is 257 g/mol. The number of rotatable bonds is 9. The van der Waals surface area contributed by atoms with E-state index in [1.54, 1.807) is 12.1 Å². The van der Waals surface area contributed by atoms with Crippen LogP contribution in [0.1, 0.15) is 51.9 Å². The van der Waals surface area contributed by atoms with Crippen molar-refractivity contribution in [3.63, 3.8) is 0 Å². The average Bonchev–Trinajstić information content (AvgIpc) is 2.35. The normalized spacial score (nSPS) is 10.5. The first kappa shape index (κ1) is 14.2. The maximum atomic E-state index is 5.63. The second-order valence-corrected chi connectivity index (χ2v) is 4.55. The summed E-state index contributed by atoms with van der Waals surface area (Å²) in [6.07, 6.45) is 8.97. The molecule has 1 aromatic heterocycles. The van der Waals surface area contributed by atoms with Gasteiger partial charge < -0.3 is 4.74 Å². The lowest BCUT2D eigenvalue weighted by Gasteiger charge is -2.04. The second-order valence-electron chi connectivity index (χ2n) is 4.16. The van der Waals surface area contributed by atoms with Gasteiger partial charge in [-0.05, 0) is 12.5 Å². The zero-order valence-corrected chi connectivity index (χ0v) is 11.2. The topological polar surface area (TPSA) is 35.0 Å². The second kappa shape index (κ2) is 9.23. The number of hydrogen-bond donors (Lipinski definition) is 0. The molecule has 0 aliphatic rings. The zero-order chi connectivity index (χ0) is 12.3. The van der Waals surface area contributed by atoms with Gasteiger partial charge in [-0.1, -0.05) is 57.0 Å². The molecule has 0 saturated carbocycles. The van der Waals surface area contributed by atoms with E-state index >= 15 is 0 Å². The van der Waals surface area contributed by atoms with E-state index in [1.807, 2.05) is 0 Å². The maximum absolute atomic E-state index is 5.63. The van der Waals surface area contributed by atoms with Crippen molar-refractivity contribution in [3.8, 4) is 5.88 Å². The van der Waals surface area contributed by atoms with Crippen LogP contribution < -0.4 is 4.74 Å². The van der Waals surface area contributed by atoms with E-state index in [9.17, 15) is 0 Å². The van der Waals surface area contributed by atoms with Crippen LogP contribution in [0.25, 0.3) is 0 Å². The van der Waals surface area contributed by atoms with Crippen LogP contribution in [0.3, 0.4) is 0 Å². The number of aromatic nitrogens is 2. The molecule has 3 nitrogen and oxygen atoms in total. The highest BCUT2D eigenvalue weighted by Gasteiger charge is 1.96. The molecule has 0 aliphatic carbocycles. The molecule has 0 N–H and O–H groups in total. The van der Waals surface area contributed by atoms with Crippen molar-refractivity contribution in [1.29, 1.82) is 0 Å². The number of nitrogens with zero attached hydrogens (tertiary/aromatic N) is 2. The minimum Gasteiger partial charge on any atom is -0.477 e. The van der Waals surface area contributed by atoms with E-state index in [2.05, 4.69) is 17.1 Å². The van der Waals surface area contributed by atoms with E-state index in [1.165, 1.54) is 38.5 Å². The molecular weight excluding hydrogens is 236 g/mol. The van der Waals surface area contributed by atoms with Gasteiger partial charge in [0.25, 0.3) is 0 Å². The molecule has 17 heavy (non-hydrogen) atoms. The minimum absolute atomic E-state index is 0.397. The van der Waals surface area contributed by atoms with Gasteiger partial charge >= 0.3 is 0 Å². The predicted molar refractivity (Wildman–Crippen MR) is 70.5 cm³/mol. The van der Waals surface area contributed by atoms with Gasteiger partial charge in [0.15, 0.2) is 5.15 Å². The summed E-state index contributed by atoms with van der Waals surface area (Å²) < 4.78 is 5.46. The van der Waals surface area contributed by atoms with Crippen molar-refractivity contribution in [2.45, 2.75) is 51.9 Å². The summed E-state index contributed by atoms with van der Waals surface area (Å²) in [6.45, 7) is 2.95. The van der Waals surface area contributed by atoms with Gasteiger partial charge in [-0.2, -0.15) is 0 Å². The predicted octanol–water partition coefficient (Wildman–Crippen LogP) is 4.26. The fourth-order valence-electron chi connectivity index (χ4n) is 1.62. The lowest BCUT2D eigenvalue weighted by atomic mass is 10.1. The van der Waals surface area contributed by atoms with E-state index in [0.29, 0.717) is 17.6 Å². The molecule has 0 amide bonds. The smallest absolute Gasteiger partial charge is 0.233 e. The molecule has 1 heterocycles. The van der Waals surface area contributed by atoms with Crippen molar-refractivity contribution in [3.05, 3.63) is 17.3 Å². The van der Waals surface area contributed by atoms with Crippen LogP contribution in [-0.2, 0) is 0 Å². The van der Waals surface area contributed by atoms with Crippen LogP contribution in [0.2, 0.25) is 5.15 Å². The highest BCUT2D eigenvalue weighted by atomic mass is 35.5. The van der Waals surface area contributed by atoms with E-state index in [4.69, 9.17) is 16.3 Å². The fraction of sp³-hybridized carbons (Fsp3) is 0.692. The summed E-state index contributed by atoms with van der Waals surface area (Å²) in [7, 11) is 0. The third kappa shape index (κ3) is 7.16. The van der Waals surface area contributed by atoms with Crippen LogP contribution in [0.15, 0.2) is 12.1 Å². The SMILES string of the molecule is CCCCCCCCCOc1ccc(Cl)nn1. The molecule has 0 saturated heterocycles. The van der Waals surface area contributed by atoms with E-state index in [0.717, 1.165) is 6.42 Å². The summed E-state index contributed by atoms with van der Waals surface area (Å²) in [6, 6.07) is 3.44. The lowest BCUT2D eigenvalue weighted by molar-refractivity contribution is 0.290. The fourth-order valence-corrected chi connectivity index (χ4v) is 1.72. The molecule has 1 aromatic rings. The van der Waals surface area contributed by atoms with Crippen molar-refractivity contribution in [1.82, 2.24) is 10.2 Å². The van der Waals surface area contributed by atoms with E-state index in [-0.39, 0.29) is 0 Å². The van der Waals surface area contributed by atoms with Gasteiger partial charge in [0.2, 0.25) is 5.88 Å². The van der Waals surface area contributed by atoms with Crippen molar-refractivity contribution in [2.24, 2.45) is 0 Å². The first-order chi connectivity index (χ1) is 8.33. The maximum Gasteiger partial charge on any atom is 0.233 e. The molecular formula is C13H21ClN2O. The molecule has 1 rings (SSSR count). The van der Waals surface area contributed by atoms with Gasteiger partial charge in [0.05, 0.1) is 6.61 Å². The van der Waals surface area contributed by atoms with Crippen LogP contribution in [0.4, 0.5) is 0 Å². The van der Waals surface area contributed by atoms with Gasteiger partial charge in [-0.3, -0.25) is 0 Å². The zero-order valence-electron chi connectivity index (χ0n) is 10.5. The third-order valence-corrected chi connectivity index (χ3v) is 2.81. The summed E-state index contributed by atoms with van der Waals surface area (Å²) in [4.78, 5) is 0. The third-order valence-electron chi connectivity index (χ3n) is 2.61. The van der Waals surface area contributed by atoms with Gasteiger partial charge in [0.1, 0.15) is 0 Å². The molecule has 0 unspecified atom stereocenters. The first-order valence-electron chi connectivity index (χ1n) is 6.45. The Labute approximate surface area is 109 Å². The van der Waals surface area contributed by atoms with Crippen molar-refractivity contribution in [2.75, 3.05) is 6.61 Å². The monoisotopic (exact) mass is 256 g/mol. The largest absolute Gasteiger partial charge is 0.477 e. The molecule has 0 aromatic carbocycles. The molecule has 96 valence electrons. The van der Waals surface area contributed by atoms with Crippen molar-refractivity contribution < 1.29 is 4.74 Å². The van der Waals surface area contributed by atoms with Crippen molar-refractivity contribution >= 4 is 11.6 Å². The van der Waals surface area contributed by atoms with Gasteiger partial charge in [-0.15, -0.1) is 10.2 Å². The van der Waals surface area contributed by atoms with Crippen LogP contribution in [-0.4, -0.2) is 16.8 Å². The van der Waals surface area contributed by atoms with Gasteiger partial charge in [-0.25, -0.2) is 0 Å². The standard InChI is InChI=1S/C13H21ClN2O/c1-2-3-4-5-6-7-8-11-17-13-10-9-12(14)15-16-13/h9-10H,2-8,11H2,1H3. The lowest BCUT2D eigenvalue weighted by Crippen LogP contribution is -1.99. The Morgan fingerprint density at radius 3 is 2.35 bits per heavy atom. The minimum atomic E-state index is 0.397. The van der Waals surface area contributed by atoms with Crippen LogP contribution >= 0.6 is 11.6 Å². The number of ether oxygens (including phenoxy) is 1. The Hall–Kier alpha value is -0.830. The van der Waals surface area contributed by atoms with Gasteiger partial charge in [0, 0.05) is 6.07 Å². The summed E-state index contributed by atoms with van der Waals surface area (Å²) in [5.74, 6) is 0.556. The molecule has 0 spiro atoms.